The summed E-state index contributed by atoms with van der Waals surface area (Å²) in [5.41, 5.74) is 14.0. The average Bonchev–Trinajstić information content (AvgIpc) is 2.92. The van der Waals surface area contributed by atoms with Crippen molar-refractivity contribution in [2.75, 3.05) is 11.2 Å². The molecule has 0 saturated heterocycles. The van der Waals surface area contributed by atoms with E-state index in [4.69, 9.17) is 5.73 Å². The van der Waals surface area contributed by atoms with Crippen LogP contribution in [0.3, 0.4) is 0 Å². The zero-order valence-corrected chi connectivity index (χ0v) is 15.2. The van der Waals surface area contributed by atoms with Gasteiger partial charge in [-0.25, -0.2) is 14.6 Å². The normalized spacial score (nSPS) is 10.5. The van der Waals surface area contributed by atoms with Gasteiger partial charge in [-0.2, -0.15) is 5.10 Å². The molecule has 0 aliphatic rings. The molecule has 8 nitrogen and oxygen atoms in total. The van der Waals surface area contributed by atoms with Crippen LogP contribution >= 0.6 is 15.9 Å². The lowest BCUT2D eigenvalue weighted by atomic mass is 10.2. The molecular weight excluding hydrogens is 386 g/mol. The molecule has 0 atom stereocenters. The summed E-state index contributed by atoms with van der Waals surface area (Å²) < 4.78 is 2.32. The summed E-state index contributed by atoms with van der Waals surface area (Å²) in [6.45, 7) is 3.79. The third-order valence-corrected chi connectivity index (χ3v) is 4.18. The molecule has 0 saturated carbocycles. The lowest BCUT2D eigenvalue weighted by Crippen LogP contribution is -2.30. The molecule has 0 bridgehead atoms. The Kier molecular flexibility index (Phi) is 4.66. The number of nitrogens with two attached hydrogens (primary N) is 1. The molecule has 0 spiro atoms. The highest BCUT2D eigenvalue weighted by atomic mass is 79.9. The number of hydrogen-bond acceptors (Lipinski definition) is 6. The van der Waals surface area contributed by atoms with Gasteiger partial charge in [-0.1, -0.05) is 12.1 Å². The van der Waals surface area contributed by atoms with Gasteiger partial charge in [0.1, 0.15) is 12.0 Å². The van der Waals surface area contributed by atoms with Crippen molar-refractivity contribution in [3.8, 4) is 5.82 Å². The van der Waals surface area contributed by atoms with Crippen LogP contribution in [0.2, 0.25) is 0 Å². The van der Waals surface area contributed by atoms with Gasteiger partial charge >= 0.3 is 0 Å². The molecule has 0 unspecified atom stereocenters. The smallest absolute Gasteiger partial charge is 0.270 e. The van der Waals surface area contributed by atoms with Gasteiger partial charge in [-0.05, 0) is 48.0 Å². The van der Waals surface area contributed by atoms with Crippen LogP contribution in [0.4, 0.5) is 11.5 Å². The molecule has 9 heteroatoms. The Balaban J connectivity index is 1.82. The van der Waals surface area contributed by atoms with Gasteiger partial charge in [-0.3, -0.25) is 15.6 Å². The molecule has 0 fully saturated rings. The van der Waals surface area contributed by atoms with Crippen molar-refractivity contribution in [2.45, 2.75) is 13.8 Å². The number of rotatable bonds is 4. The fraction of sp³-hybridized carbons (Fsp3) is 0.125. The molecular formula is C16H16BrN7O. The monoisotopic (exact) mass is 401 g/mol. The summed E-state index contributed by atoms with van der Waals surface area (Å²) in [6.07, 6.45) is 1.36. The highest BCUT2D eigenvalue weighted by Crippen LogP contribution is 2.22. The van der Waals surface area contributed by atoms with Crippen LogP contribution in [0.15, 0.2) is 41.1 Å². The second-order valence-electron chi connectivity index (χ2n) is 5.36. The largest absolute Gasteiger partial charge is 0.393 e. The van der Waals surface area contributed by atoms with E-state index in [-0.39, 0.29) is 17.4 Å². The lowest BCUT2D eigenvalue weighted by Gasteiger charge is -2.13. The standard InChI is InChI=1S/C16H16BrN7O/c1-9-7-10(2)24(23-9)15-13(18)14(19-8-20-15)21-22-16(25)11-5-3-4-6-12(11)17/h3-8H,18H2,1-2H3,(H,22,25)(H,19,20,21). The fourth-order valence-corrected chi connectivity index (χ4v) is 2.79. The third kappa shape index (κ3) is 3.45. The molecule has 0 aliphatic carbocycles. The number of benzene rings is 1. The number of nitrogens with one attached hydrogen (secondary N) is 2. The first-order chi connectivity index (χ1) is 12.0. The number of carbonyl (C=O) groups is 1. The van der Waals surface area contributed by atoms with E-state index in [1.807, 2.05) is 26.0 Å². The number of nitrogen functional groups attached to an aromatic ring is 1. The van der Waals surface area contributed by atoms with E-state index in [0.29, 0.717) is 15.9 Å². The van der Waals surface area contributed by atoms with Crippen molar-refractivity contribution in [3.05, 3.63) is 58.1 Å². The average molecular weight is 402 g/mol. The minimum absolute atomic E-state index is 0.279. The Bertz CT molecular complexity index is 938. The first kappa shape index (κ1) is 16.9. The van der Waals surface area contributed by atoms with Crippen molar-refractivity contribution in [1.29, 1.82) is 0 Å². The quantitative estimate of drug-likeness (QED) is 0.578. The summed E-state index contributed by atoms with van der Waals surface area (Å²) in [7, 11) is 0. The molecule has 3 rings (SSSR count). The number of amides is 1. The minimum atomic E-state index is -0.321. The molecule has 1 amide bonds. The Labute approximate surface area is 152 Å². The number of aromatic nitrogens is 4. The Morgan fingerprint density at radius 3 is 2.68 bits per heavy atom. The predicted molar refractivity (Wildman–Crippen MR) is 98.3 cm³/mol. The highest BCUT2D eigenvalue weighted by molar-refractivity contribution is 9.10. The Hall–Kier alpha value is -2.94. The van der Waals surface area contributed by atoms with Crippen LogP contribution in [0, 0.1) is 13.8 Å². The van der Waals surface area contributed by atoms with Gasteiger partial charge < -0.3 is 5.73 Å². The van der Waals surface area contributed by atoms with E-state index in [1.54, 1.807) is 22.9 Å². The fourth-order valence-electron chi connectivity index (χ4n) is 2.33. The van der Waals surface area contributed by atoms with Crippen LogP contribution in [0.5, 0.6) is 0 Å². The van der Waals surface area contributed by atoms with Crippen molar-refractivity contribution in [1.82, 2.24) is 25.2 Å². The van der Waals surface area contributed by atoms with E-state index >= 15 is 0 Å². The summed E-state index contributed by atoms with van der Waals surface area (Å²) in [4.78, 5) is 20.5. The Morgan fingerprint density at radius 2 is 2.00 bits per heavy atom. The van der Waals surface area contributed by atoms with Crippen molar-refractivity contribution < 1.29 is 4.79 Å². The number of halogens is 1. The topological polar surface area (TPSA) is 111 Å². The first-order valence-corrected chi connectivity index (χ1v) is 8.21. The number of aryl methyl sites for hydroxylation is 2. The first-order valence-electron chi connectivity index (χ1n) is 7.42. The zero-order valence-electron chi connectivity index (χ0n) is 13.6. The molecule has 3 aromatic rings. The summed E-state index contributed by atoms with van der Waals surface area (Å²) in [5, 5.41) is 4.36. The molecule has 1 aromatic carbocycles. The molecule has 4 N–H and O–H groups in total. The highest BCUT2D eigenvalue weighted by Gasteiger charge is 2.14. The maximum Gasteiger partial charge on any atom is 0.270 e. The van der Waals surface area contributed by atoms with Crippen molar-refractivity contribution in [3.63, 3.8) is 0 Å². The van der Waals surface area contributed by atoms with Crippen LogP contribution in [0.1, 0.15) is 21.7 Å². The summed E-state index contributed by atoms with van der Waals surface area (Å²) >= 11 is 3.34. The summed E-state index contributed by atoms with van der Waals surface area (Å²) in [6, 6.07) is 9.01. The molecule has 0 radical (unpaired) electrons. The predicted octanol–water partition coefficient (Wildman–Crippen LogP) is 2.38. The van der Waals surface area contributed by atoms with Crippen molar-refractivity contribution >= 4 is 33.3 Å². The van der Waals surface area contributed by atoms with Gasteiger partial charge in [0.2, 0.25) is 0 Å². The molecule has 25 heavy (non-hydrogen) atoms. The molecule has 128 valence electrons. The number of carbonyl (C=O) groups excluding carboxylic acids is 1. The van der Waals surface area contributed by atoms with Crippen LogP contribution in [-0.2, 0) is 0 Å². The minimum Gasteiger partial charge on any atom is -0.393 e. The zero-order chi connectivity index (χ0) is 18.0. The number of hydrazine groups is 1. The second kappa shape index (κ2) is 6.89. The van der Waals surface area contributed by atoms with Gasteiger partial charge in [0.15, 0.2) is 11.6 Å². The van der Waals surface area contributed by atoms with Crippen LogP contribution < -0.4 is 16.6 Å². The maximum absolute atomic E-state index is 12.3. The van der Waals surface area contributed by atoms with Crippen LogP contribution in [-0.4, -0.2) is 25.7 Å². The van der Waals surface area contributed by atoms with E-state index in [2.05, 4.69) is 41.8 Å². The van der Waals surface area contributed by atoms with E-state index in [0.717, 1.165) is 11.4 Å². The van der Waals surface area contributed by atoms with E-state index in [1.165, 1.54) is 6.33 Å². The molecule has 2 aromatic heterocycles. The summed E-state index contributed by atoms with van der Waals surface area (Å²) in [5.74, 6) is 0.411. The maximum atomic E-state index is 12.3. The second-order valence-corrected chi connectivity index (χ2v) is 6.21. The van der Waals surface area contributed by atoms with E-state index in [9.17, 15) is 4.79 Å². The number of anilines is 2. The number of hydrogen-bond donors (Lipinski definition) is 3. The lowest BCUT2D eigenvalue weighted by molar-refractivity contribution is 0.0961. The number of nitrogens with zero attached hydrogens (tertiary/aromatic N) is 4. The van der Waals surface area contributed by atoms with Gasteiger partial charge in [0.05, 0.1) is 11.3 Å². The molecule has 0 aliphatic heterocycles. The Morgan fingerprint density at radius 1 is 1.24 bits per heavy atom. The van der Waals surface area contributed by atoms with Crippen molar-refractivity contribution in [2.24, 2.45) is 0 Å². The van der Waals surface area contributed by atoms with Gasteiger partial charge in [0, 0.05) is 10.2 Å². The SMILES string of the molecule is Cc1cc(C)n(-c2ncnc(NNC(=O)c3ccccc3Br)c2N)n1. The molecule has 2 heterocycles. The van der Waals surface area contributed by atoms with Gasteiger partial charge in [-0.15, -0.1) is 0 Å². The van der Waals surface area contributed by atoms with Crippen LogP contribution in [0.25, 0.3) is 5.82 Å². The third-order valence-electron chi connectivity index (χ3n) is 3.49. The van der Waals surface area contributed by atoms with E-state index < -0.39 is 0 Å². The van der Waals surface area contributed by atoms with Gasteiger partial charge in [0.25, 0.3) is 5.91 Å².